The van der Waals surface area contributed by atoms with Gasteiger partial charge in [-0.3, -0.25) is 0 Å². The molecule has 2 aliphatic rings. The molecule has 202 valence electrons. The third kappa shape index (κ3) is 11.7. The number of hydrogen-bond acceptors (Lipinski definition) is 5. The van der Waals surface area contributed by atoms with E-state index in [9.17, 15) is 0 Å². The maximum Gasteiger partial charge on any atom is 0.137 e. The van der Waals surface area contributed by atoms with Crippen LogP contribution in [0.25, 0.3) is 0 Å². The molecule has 0 saturated heterocycles. The predicted octanol–water partition coefficient (Wildman–Crippen LogP) is 6.98. The van der Waals surface area contributed by atoms with Crippen molar-refractivity contribution in [1.29, 1.82) is 0 Å². The summed E-state index contributed by atoms with van der Waals surface area (Å²) in [6.07, 6.45) is 21.1. The van der Waals surface area contributed by atoms with Crippen LogP contribution in [0.2, 0.25) is 0 Å². The monoisotopic (exact) mass is 499 g/mol. The minimum Gasteiger partial charge on any atom is -0.374 e. The highest BCUT2D eigenvalue weighted by Crippen LogP contribution is 2.23. The Kier molecular flexibility index (Phi) is 12.1. The lowest BCUT2D eigenvalue weighted by Gasteiger charge is -2.34. The molecular formula is C31H49NO4. The second-order valence-electron chi connectivity index (χ2n) is 11.3. The van der Waals surface area contributed by atoms with Gasteiger partial charge in [-0.25, -0.2) is 0 Å². The van der Waals surface area contributed by atoms with Crippen molar-refractivity contribution < 1.29 is 18.9 Å². The molecule has 36 heavy (non-hydrogen) atoms. The largest absolute Gasteiger partial charge is 0.374 e. The van der Waals surface area contributed by atoms with Gasteiger partial charge < -0.3 is 24.7 Å². The number of ether oxygens (including phenoxy) is 4. The van der Waals surface area contributed by atoms with Crippen molar-refractivity contribution in [2.24, 2.45) is 5.73 Å². The minimum atomic E-state index is -0.870. The second kappa shape index (κ2) is 15.0. The first-order valence-electron chi connectivity index (χ1n) is 14.0. The summed E-state index contributed by atoms with van der Waals surface area (Å²) in [5.41, 5.74) is 7.45. The van der Waals surface area contributed by atoms with Crippen LogP contribution in [0.5, 0.6) is 0 Å². The van der Waals surface area contributed by atoms with Gasteiger partial charge in [0.15, 0.2) is 0 Å². The molecule has 3 atom stereocenters. The van der Waals surface area contributed by atoms with Crippen LogP contribution in [0.15, 0.2) is 48.6 Å². The van der Waals surface area contributed by atoms with Crippen molar-refractivity contribution >= 4 is 0 Å². The predicted molar refractivity (Wildman–Crippen MR) is 147 cm³/mol. The first kappa shape index (κ1) is 29.1. The van der Waals surface area contributed by atoms with Gasteiger partial charge >= 0.3 is 0 Å². The molecule has 0 aliphatic heterocycles. The normalized spacial score (nSPS) is 23.3. The van der Waals surface area contributed by atoms with Gasteiger partial charge in [0.2, 0.25) is 0 Å². The minimum absolute atomic E-state index is 0.274. The maximum atomic E-state index is 6.40. The molecule has 1 aromatic rings. The van der Waals surface area contributed by atoms with Crippen LogP contribution < -0.4 is 5.73 Å². The van der Waals surface area contributed by atoms with Gasteiger partial charge in [0.25, 0.3) is 0 Å². The molecule has 0 spiro atoms. The Morgan fingerprint density at radius 2 is 1.28 bits per heavy atom. The van der Waals surface area contributed by atoms with Crippen molar-refractivity contribution in [3.05, 3.63) is 59.7 Å². The summed E-state index contributed by atoms with van der Waals surface area (Å²) in [7, 11) is 0. The van der Waals surface area contributed by atoms with Gasteiger partial charge in [-0.2, -0.15) is 0 Å². The molecule has 0 radical (unpaired) electrons. The summed E-state index contributed by atoms with van der Waals surface area (Å²) in [5.74, 6) is 0. The highest BCUT2D eigenvalue weighted by molar-refractivity contribution is 5.21. The highest BCUT2D eigenvalue weighted by atomic mass is 16.6. The zero-order valence-corrected chi connectivity index (χ0v) is 22.9. The second-order valence-corrected chi connectivity index (χ2v) is 11.3. The maximum absolute atomic E-state index is 6.40. The summed E-state index contributed by atoms with van der Waals surface area (Å²) in [5, 5.41) is 0. The van der Waals surface area contributed by atoms with Crippen LogP contribution in [0.1, 0.15) is 96.1 Å². The molecule has 0 bridgehead atoms. The third-order valence-corrected chi connectivity index (χ3v) is 6.84. The summed E-state index contributed by atoms with van der Waals surface area (Å²) >= 11 is 0. The molecule has 0 amide bonds. The van der Waals surface area contributed by atoms with Crippen molar-refractivity contribution in [3.63, 3.8) is 0 Å². The summed E-state index contributed by atoms with van der Waals surface area (Å²) in [6, 6.07) is 8.47. The van der Waals surface area contributed by atoms with Gasteiger partial charge in [0, 0.05) is 0 Å². The molecule has 2 N–H and O–H groups in total. The van der Waals surface area contributed by atoms with E-state index in [1.807, 2.05) is 6.92 Å². The van der Waals surface area contributed by atoms with Crippen LogP contribution in [-0.4, -0.2) is 36.7 Å². The van der Waals surface area contributed by atoms with E-state index in [-0.39, 0.29) is 6.10 Å². The zero-order valence-electron chi connectivity index (χ0n) is 22.9. The van der Waals surface area contributed by atoms with Gasteiger partial charge in [-0.1, -0.05) is 48.6 Å². The standard InChI is InChI=1S/C31H49NO4/c1-30(2,36-29-16-12-8-5-9-13-17-29)24-35-31(3,32)25-33-22-26-18-20-27(21-19-26)23-34-28-14-10-6-4-7-11-15-28/h4-6,8,18-21,28-29H,7,9-17,22-25,32H2,1-3H3. The molecule has 5 heteroatoms. The van der Waals surface area contributed by atoms with Crippen LogP contribution >= 0.6 is 0 Å². The summed E-state index contributed by atoms with van der Waals surface area (Å²) in [6.45, 7) is 7.95. The Balaban J connectivity index is 1.34. The molecule has 0 fully saturated rings. The highest BCUT2D eigenvalue weighted by Gasteiger charge is 2.28. The number of rotatable bonds is 12. The molecule has 5 nitrogen and oxygen atoms in total. The molecule has 3 unspecified atom stereocenters. The fraction of sp³-hybridized carbons (Fsp3) is 0.677. The average molecular weight is 500 g/mol. The lowest BCUT2D eigenvalue weighted by molar-refractivity contribution is -0.164. The van der Waals surface area contributed by atoms with Crippen molar-refractivity contribution in [3.8, 4) is 0 Å². The van der Waals surface area contributed by atoms with Gasteiger partial charge in [-0.15, -0.1) is 0 Å². The topological polar surface area (TPSA) is 62.9 Å². The zero-order chi connectivity index (χ0) is 25.7. The van der Waals surface area contributed by atoms with Crippen molar-refractivity contribution in [1.82, 2.24) is 0 Å². The number of nitrogens with two attached hydrogens (primary N) is 1. The molecular weight excluding hydrogens is 450 g/mol. The summed E-state index contributed by atoms with van der Waals surface area (Å²) < 4.78 is 24.5. The SMILES string of the molecule is CC(C)(COC(C)(N)COCc1ccc(COC2CCC=CCCC2)cc1)OC1CCC=CCCC1. The fourth-order valence-electron chi connectivity index (χ4n) is 4.72. The van der Waals surface area contributed by atoms with Crippen molar-refractivity contribution in [2.75, 3.05) is 13.2 Å². The van der Waals surface area contributed by atoms with E-state index in [4.69, 9.17) is 24.7 Å². The van der Waals surface area contributed by atoms with Gasteiger partial charge in [-0.05, 0) is 96.1 Å². The van der Waals surface area contributed by atoms with E-state index in [2.05, 4.69) is 62.4 Å². The van der Waals surface area contributed by atoms with E-state index in [1.54, 1.807) is 0 Å². The molecule has 2 aliphatic carbocycles. The lowest BCUT2D eigenvalue weighted by atomic mass is 10.0. The molecule has 0 heterocycles. The number of allylic oxidation sites excluding steroid dienone is 4. The van der Waals surface area contributed by atoms with Crippen LogP contribution in [0.4, 0.5) is 0 Å². The average Bonchev–Trinajstić information content (AvgIpc) is 2.80. The van der Waals surface area contributed by atoms with Crippen molar-refractivity contribution in [2.45, 2.75) is 122 Å². The van der Waals surface area contributed by atoms with Crippen LogP contribution in [0, 0.1) is 0 Å². The first-order valence-corrected chi connectivity index (χ1v) is 14.0. The van der Waals surface area contributed by atoms with E-state index in [0.717, 1.165) is 50.5 Å². The molecule has 1 aromatic carbocycles. The lowest BCUT2D eigenvalue weighted by Crippen LogP contribution is -2.48. The third-order valence-electron chi connectivity index (χ3n) is 6.84. The van der Waals surface area contributed by atoms with E-state index in [1.165, 1.54) is 24.8 Å². The van der Waals surface area contributed by atoms with E-state index >= 15 is 0 Å². The number of hydrogen-bond donors (Lipinski definition) is 1. The Morgan fingerprint density at radius 1 is 0.722 bits per heavy atom. The quantitative estimate of drug-likeness (QED) is 0.248. The smallest absolute Gasteiger partial charge is 0.137 e. The molecule has 3 rings (SSSR count). The Hall–Kier alpha value is -1.50. The number of benzene rings is 1. The fourth-order valence-corrected chi connectivity index (χ4v) is 4.72. The van der Waals surface area contributed by atoms with E-state index < -0.39 is 11.3 Å². The van der Waals surface area contributed by atoms with Crippen LogP contribution in [0.3, 0.4) is 0 Å². The van der Waals surface area contributed by atoms with Crippen LogP contribution in [-0.2, 0) is 32.2 Å². The first-order chi connectivity index (χ1) is 17.3. The van der Waals surface area contributed by atoms with Gasteiger partial charge in [0.05, 0.1) is 44.2 Å². The Bertz CT molecular complexity index is 799. The summed E-state index contributed by atoms with van der Waals surface area (Å²) in [4.78, 5) is 0. The Labute approximate surface area is 219 Å². The molecule has 0 saturated carbocycles. The van der Waals surface area contributed by atoms with E-state index in [0.29, 0.717) is 32.5 Å². The molecule has 0 aromatic heterocycles. The Morgan fingerprint density at radius 3 is 1.94 bits per heavy atom. The van der Waals surface area contributed by atoms with Gasteiger partial charge in [0.1, 0.15) is 5.72 Å².